The lowest BCUT2D eigenvalue weighted by molar-refractivity contribution is 0.242. The van der Waals surface area contributed by atoms with Crippen molar-refractivity contribution in [1.82, 2.24) is 5.32 Å². The largest absolute Gasteiger partial charge is 0.491 e. The molecule has 0 amide bonds. The van der Waals surface area contributed by atoms with Crippen LogP contribution in [-0.4, -0.2) is 6.10 Å². The van der Waals surface area contributed by atoms with Crippen molar-refractivity contribution in [1.29, 1.82) is 0 Å². The van der Waals surface area contributed by atoms with Gasteiger partial charge in [-0.1, -0.05) is 12.1 Å². The van der Waals surface area contributed by atoms with Crippen molar-refractivity contribution in [2.45, 2.75) is 51.8 Å². The number of nitrogens with one attached hydrogen (secondary N) is 1. The first-order chi connectivity index (χ1) is 10.2. The van der Waals surface area contributed by atoms with Crippen LogP contribution in [0.1, 0.15) is 49.6 Å². The Kier molecular flexibility index (Phi) is 4.30. The van der Waals surface area contributed by atoms with E-state index in [0.717, 1.165) is 24.5 Å². The molecule has 0 spiro atoms. The molecule has 3 heteroatoms. The van der Waals surface area contributed by atoms with Crippen molar-refractivity contribution >= 4 is 0 Å². The van der Waals surface area contributed by atoms with Gasteiger partial charge in [0.25, 0.3) is 0 Å². The van der Waals surface area contributed by atoms with Gasteiger partial charge in [0.2, 0.25) is 0 Å². The molecular weight excluding hydrogens is 262 g/mol. The van der Waals surface area contributed by atoms with Gasteiger partial charge in [0.05, 0.1) is 12.4 Å². The van der Waals surface area contributed by atoms with Crippen molar-refractivity contribution in [3.8, 4) is 5.75 Å². The Morgan fingerprint density at radius 1 is 1.24 bits per heavy atom. The third-order valence-corrected chi connectivity index (χ3v) is 3.90. The van der Waals surface area contributed by atoms with E-state index in [1.165, 1.54) is 24.0 Å². The lowest BCUT2D eigenvalue weighted by Gasteiger charge is -2.23. The molecule has 3 rings (SSSR count). The van der Waals surface area contributed by atoms with Crippen LogP contribution in [0, 0.1) is 0 Å². The third kappa shape index (κ3) is 3.48. The van der Waals surface area contributed by atoms with Crippen molar-refractivity contribution in [3.63, 3.8) is 0 Å². The van der Waals surface area contributed by atoms with Crippen LogP contribution in [0.3, 0.4) is 0 Å². The number of benzene rings is 1. The first-order valence-electron chi connectivity index (χ1n) is 7.77. The molecule has 2 aromatic rings. The Balaban J connectivity index is 1.59. The minimum Gasteiger partial charge on any atom is -0.491 e. The van der Waals surface area contributed by atoms with Crippen LogP contribution in [0.4, 0.5) is 0 Å². The highest BCUT2D eigenvalue weighted by Gasteiger charge is 2.21. The molecule has 3 nitrogen and oxygen atoms in total. The second-order valence-corrected chi connectivity index (χ2v) is 5.94. The standard InChI is InChI=1S/C18H23NO2/c1-13(2)21-15-8-6-14(7-9-15)12-19-17-4-3-5-18-16(17)10-11-20-18/h6-11,13,17,19H,3-5,12H2,1-2H3. The predicted octanol–water partition coefficient (Wildman–Crippen LogP) is 4.23. The molecule has 21 heavy (non-hydrogen) atoms. The third-order valence-electron chi connectivity index (χ3n) is 3.90. The van der Waals surface area contributed by atoms with Gasteiger partial charge >= 0.3 is 0 Å². The average Bonchev–Trinajstić information content (AvgIpc) is 2.95. The maximum Gasteiger partial charge on any atom is 0.119 e. The fourth-order valence-electron chi connectivity index (χ4n) is 2.90. The smallest absolute Gasteiger partial charge is 0.119 e. The fraction of sp³-hybridized carbons (Fsp3) is 0.444. The Morgan fingerprint density at radius 2 is 2.05 bits per heavy atom. The Bertz CT molecular complexity index is 571. The molecule has 1 atom stereocenters. The summed E-state index contributed by atoms with van der Waals surface area (Å²) in [6.45, 7) is 4.96. The second-order valence-electron chi connectivity index (χ2n) is 5.94. The van der Waals surface area contributed by atoms with E-state index in [4.69, 9.17) is 9.15 Å². The molecule has 112 valence electrons. The monoisotopic (exact) mass is 285 g/mol. The van der Waals surface area contributed by atoms with Gasteiger partial charge in [-0.3, -0.25) is 0 Å². The molecule has 0 saturated carbocycles. The van der Waals surface area contributed by atoms with E-state index in [9.17, 15) is 0 Å². The van der Waals surface area contributed by atoms with E-state index in [0.29, 0.717) is 6.04 Å². The summed E-state index contributed by atoms with van der Waals surface area (Å²) >= 11 is 0. The van der Waals surface area contributed by atoms with Crippen LogP contribution in [-0.2, 0) is 13.0 Å². The molecule has 1 aliphatic carbocycles. The number of hydrogen-bond donors (Lipinski definition) is 1. The lowest BCUT2D eigenvalue weighted by Crippen LogP contribution is -2.24. The highest BCUT2D eigenvalue weighted by molar-refractivity contribution is 5.28. The molecule has 0 fully saturated rings. The van der Waals surface area contributed by atoms with E-state index in [1.807, 2.05) is 32.2 Å². The fourth-order valence-corrected chi connectivity index (χ4v) is 2.90. The van der Waals surface area contributed by atoms with Gasteiger partial charge in [-0.15, -0.1) is 0 Å². The number of fused-ring (bicyclic) bond motifs is 1. The Labute approximate surface area is 126 Å². The quantitative estimate of drug-likeness (QED) is 0.892. The normalized spacial score (nSPS) is 17.8. The van der Waals surface area contributed by atoms with Gasteiger partial charge < -0.3 is 14.5 Å². The summed E-state index contributed by atoms with van der Waals surface area (Å²) in [6, 6.07) is 10.9. The molecule has 1 aliphatic rings. The Morgan fingerprint density at radius 3 is 2.81 bits per heavy atom. The molecular formula is C18H23NO2. The van der Waals surface area contributed by atoms with Gasteiger partial charge in [-0.05, 0) is 50.5 Å². The van der Waals surface area contributed by atoms with E-state index in [2.05, 4.69) is 23.5 Å². The van der Waals surface area contributed by atoms with Crippen molar-refractivity contribution < 1.29 is 9.15 Å². The summed E-state index contributed by atoms with van der Waals surface area (Å²) in [4.78, 5) is 0. The summed E-state index contributed by atoms with van der Waals surface area (Å²) in [6.07, 6.45) is 5.47. The molecule has 0 bridgehead atoms. The van der Waals surface area contributed by atoms with Crippen LogP contribution < -0.4 is 10.1 Å². The van der Waals surface area contributed by atoms with E-state index in [1.54, 1.807) is 0 Å². The Hall–Kier alpha value is -1.74. The first kappa shape index (κ1) is 14.2. The van der Waals surface area contributed by atoms with Crippen LogP contribution in [0.25, 0.3) is 0 Å². The maximum absolute atomic E-state index is 5.67. The highest BCUT2D eigenvalue weighted by atomic mass is 16.5. The number of furan rings is 1. The zero-order valence-corrected chi connectivity index (χ0v) is 12.8. The molecule has 1 aromatic heterocycles. The minimum atomic E-state index is 0.218. The zero-order chi connectivity index (χ0) is 14.7. The number of aryl methyl sites for hydroxylation is 1. The minimum absolute atomic E-state index is 0.218. The molecule has 0 radical (unpaired) electrons. The van der Waals surface area contributed by atoms with Crippen LogP contribution in [0.2, 0.25) is 0 Å². The van der Waals surface area contributed by atoms with Crippen molar-refractivity contribution in [3.05, 3.63) is 53.5 Å². The van der Waals surface area contributed by atoms with E-state index >= 15 is 0 Å². The van der Waals surface area contributed by atoms with Gasteiger partial charge in [0, 0.05) is 24.6 Å². The summed E-state index contributed by atoms with van der Waals surface area (Å²) < 4.78 is 11.2. The number of ether oxygens (including phenoxy) is 1. The molecule has 1 unspecified atom stereocenters. The maximum atomic E-state index is 5.67. The second kappa shape index (κ2) is 6.35. The first-order valence-corrected chi connectivity index (χ1v) is 7.77. The van der Waals surface area contributed by atoms with Crippen LogP contribution >= 0.6 is 0 Å². The lowest BCUT2D eigenvalue weighted by atomic mass is 9.93. The molecule has 1 heterocycles. The molecule has 0 aliphatic heterocycles. The van der Waals surface area contributed by atoms with E-state index < -0.39 is 0 Å². The predicted molar refractivity (Wildman–Crippen MR) is 83.4 cm³/mol. The van der Waals surface area contributed by atoms with Gasteiger partial charge in [0.15, 0.2) is 0 Å². The zero-order valence-electron chi connectivity index (χ0n) is 12.8. The number of hydrogen-bond acceptors (Lipinski definition) is 3. The van der Waals surface area contributed by atoms with Gasteiger partial charge in [-0.2, -0.15) is 0 Å². The average molecular weight is 285 g/mol. The molecule has 0 saturated heterocycles. The summed E-state index contributed by atoms with van der Waals surface area (Å²) in [5, 5.41) is 3.64. The summed E-state index contributed by atoms with van der Waals surface area (Å²) in [5.74, 6) is 2.09. The van der Waals surface area contributed by atoms with Crippen LogP contribution in [0.15, 0.2) is 41.0 Å². The SMILES string of the molecule is CC(C)Oc1ccc(CNC2CCCc3occc32)cc1. The molecule has 1 aromatic carbocycles. The van der Waals surface area contributed by atoms with Crippen molar-refractivity contribution in [2.75, 3.05) is 0 Å². The topological polar surface area (TPSA) is 34.4 Å². The van der Waals surface area contributed by atoms with E-state index in [-0.39, 0.29) is 6.10 Å². The summed E-state index contributed by atoms with van der Waals surface area (Å²) in [5.41, 5.74) is 2.61. The van der Waals surface area contributed by atoms with Gasteiger partial charge in [-0.25, -0.2) is 0 Å². The summed E-state index contributed by atoms with van der Waals surface area (Å²) in [7, 11) is 0. The number of rotatable bonds is 5. The van der Waals surface area contributed by atoms with Gasteiger partial charge in [0.1, 0.15) is 11.5 Å². The van der Waals surface area contributed by atoms with Crippen molar-refractivity contribution in [2.24, 2.45) is 0 Å². The molecule has 1 N–H and O–H groups in total. The highest BCUT2D eigenvalue weighted by Crippen LogP contribution is 2.30. The van der Waals surface area contributed by atoms with Crippen LogP contribution in [0.5, 0.6) is 5.75 Å².